The molecular weight excluding hydrogens is 397 g/mol. The third-order valence-electron chi connectivity index (χ3n) is 3.96. The van der Waals surface area contributed by atoms with E-state index in [1.54, 1.807) is 6.07 Å². The Kier molecular flexibility index (Phi) is 5.86. The van der Waals surface area contributed by atoms with Gasteiger partial charge in [0.25, 0.3) is 11.8 Å². The van der Waals surface area contributed by atoms with E-state index >= 15 is 0 Å². The predicted octanol–water partition coefficient (Wildman–Crippen LogP) is 2.61. The first-order valence-electron chi connectivity index (χ1n) is 7.92. The highest BCUT2D eigenvalue weighted by atomic mass is 32.2. The maximum atomic E-state index is 13.4. The quantitative estimate of drug-likeness (QED) is 0.758. The number of hydrogen-bond acceptors (Lipinski definition) is 4. The van der Waals surface area contributed by atoms with E-state index in [0.717, 1.165) is 31.3 Å². The number of nitrogens with zero attached hydrogens (tertiary/aromatic N) is 2. The van der Waals surface area contributed by atoms with E-state index in [9.17, 15) is 26.4 Å². The van der Waals surface area contributed by atoms with E-state index in [1.807, 2.05) is 4.72 Å². The van der Waals surface area contributed by atoms with Crippen LogP contribution in [-0.2, 0) is 17.1 Å². The van der Waals surface area contributed by atoms with Crippen molar-refractivity contribution >= 4 is 21.6 Å². The highest BCUT2D eigenvalue weighted by molar-refractivity contribution is 7.89. The number of benzene rings is 1. The minimum Gasteiger partial charge on any atom is -0.345 e. The molecule has 2 aromatic rings. The van der Waals surface area contributed by atoms with Crippen LogP contribution in [0.5, 0.6) is 0 Å². The average molecular weight is 414 g/mol. The smallest absolute Gasteiger partial charge is 0.272 e. The SMILES string of the molecule is C[C@@H](NS(=O)(=O)c1cc(C(=O)Nc2ccc(F)c(C#N)c2)n(C)c1)C(C)(F)F. The van der Waals surface area contributed by atoms with Crippen molar-refractivity contribution in [1.82, 2.24) is 9.29 Å². The Hall–Kier alpha value is -2.84. The number of anilines is 1. The van der Waals surface area contributed by atoms with E-state index in [2.05, 4.69) is 5.32 Å². The Morgan fingerprint density at radius 2 is 1.96 bits per heavy atom. The molecule has 150 valence electrons. The van der Waals surface area contributed by atoms with E-state index in [1.165, 1.54) is 17.7 Å². The number of sulfonamides is 1. The van der Waals surface area contributed by atoms with Crippen LogP contribution < -0.4 is 10.0 Å². The number of aromatic nitrogens is 1. The molecule has 0 aliphatic carbocycles. The van der Waals surface area contributed by atoms with Crippen molar-refractivity contribution in [3.05, 3.63) is 47.5 Å². The Morgan fingerprint density at radius 1 is 1.32 bits per heavy atom. The van der Waals surface area contributed by atoms with Gasteiger partial charge in [-0.2, -0.15) is 5.26 Å². The summed E-state index contributed by atoms with van der Waals surface area (Å²) in [7, 11) is -2.89. The summed E-state index contributed by atoms with van der Waals surface area (Å²) in [5.74, 6) is -4.75. The second-order valence-electron chi connectivity index (χ2n) is 6.23. The highest BCUT2D eigenvalue weighted by Crippen LogP contribution is 2.21. The molecule has 2 rings (SSSR count). The summed E-state index contributed by atoms with van der Waals surface area (Å²) >= 11 is 0. The maximum absolute atomic E-state index is 13.4. The molecular formula is C17H17F3N4O3S. The van der Waals surface area contributed by atoms with Crippen molar-refractivity contribution in [2.24, 2.45) is 7.05 Å². The zero-order valence-electron chi connectivity index (χ0n) is 15.1. The van der Waals surface area contributed by atoms with E-state index in [0.29, 0.717) is 6.92 Å². The summed E-state index contributed by atoms with van der Waals surface area (Å²) in [6, 6.07) is 4.37. The van der Waals surface area contributed by atoms with Gasteiger partial charge in [0, 0.05) is 25.9 Å². The first kappa shape index (κ1) is 21.5. The molecule has 0 saturated carbocycles. The van der Waals surface area contributed by atoms with Crippen molar-refractivity contribution in [2.75, 3.05) is 5.32 Å². The summed E-state index contributed by atoms with van der Waals surface area (Å²) < 4.78 is 67.5. The maximum Gasteiger partial charge on any atom is 0.272 e. The highest BCUT2D eigenvalue weighted by Gasteiger charge is 2.34. The van der Waals surface area contributed by atoms with Crippen molar-refractivity contribution < 1.29 is 26.4 Å². The molecule has 1 aromatic heterocycles. The Labute approximate surface area is 159 Å². The zero-order valence-corrected chi connectivity index (χ0v) is 15.9. The Morgan fingerprint density at radius 3 is 2.54 bits per heavy atom. The fraction of sp³-hybridized carbons (Fsp3) is 0.294. The molecule has 28 heavy (non-hydrogen) atoms. The number of rotatable bonds is 6. The Balaban J connectivity index is 2.26. The van der Waals surface area contributed by atoms with E-state index in [4.69, 9.17) is 5.26 Å². The van der Waals surface area contributed by atoms with Crippen molar-refractivity contribution in [3.63, 3.8) is 0 Å². The second-order valence-corrected chi connectivity index (χ2v) is 7.95. The summed E-state index contributed by atoms with van der Waals surface area (Å²) in [5, 5.41) is 11.2. The van der Waals surface area contributed by atoms with Gasteiger partial charge in [-0.15, -0.1) is 0 Å². The van der Waals surface area contributed by atoms with Gasteiger partial charge in [-0.05, 0) is 31.2 Å². The van der Waals surface area contributed by atoms with Crippen LogP contribution in [0.15, 0.2) is 35.4 Å². The summed E-state index contributed by atoms with van der Waals surface area (Å²) in [5.41, 5.74) is -0.225. The fourth-order valence-corrected chi connectivity index (χ4v) is 3.57. The number of carbonyl (C=O) groups is 1. The minimum absolute atomic E-state index is 0.0841. The average Bonchev–Trinajstić information content (AvgIpc) is 2.98. The summed E-state index contributed by atoms with van der Waals surface area (Å²) in [6.07, 6.45) is 1.10. The number of halogens is 3. The molecule has 0 unspecified atom stereocenters. The van der Waals surface area contributed by atoms with Gasteiger partial charge in [0.15, 0.2) is 0 Å². The van der Waals surface area contributed by atoms with Gasteiger partial charge < -0.3 is 9.88 Å². The van der Waals surface area contributed by atoms with E-state index in [-0.39, 0.29) is 21.8 Å². The summed E-state index contributed by atoms with van der Waals surface area (Å²) in [6.45, 7) is 1.61. The fourth-order valence-electron chi connectivity index (χ4n) is 2.19. The third kappa shape index (κ3) is 4.71. The lowest BCUT2D eigenvalue weighted by Crippen LogP contribution is -2.43. The van der Waals surface area contributed by atoms with Gasteiger partial charge in [0.2, 0.25) is 10.0 Å². The largest absolute Gasteiger partial charge is 0.345 e. The van der Waals surface area contributed by atoms with Crippen LogP contribution in [0.25, 0.3) is 0 Å². The predicted molar refractivity (Wildman–Crippen MR) is 94.9 cm³/mol. The number of amides is 1. The molecule has 0 bridgehead atoms. The van der Waals surface area contributed by atoms with Crippen LogP contribution in [-0.4, -0.2) is 30.9 Å². The first-order valence-corrected chi connectivity index (χ1v) is 9.41. The molecule has 1 atom stereocenters. The minimum atomic E-state index is -4.29. The van der Waals surface area contributed by atoms with E-state index < -0.39 is 33.7 Å². The van der Waals surface area contributed by atoms with Crippen LogP contribution in [0.3, 0.4) is 0 Å². The van der Waals surface area contributed by atoms with Gasteiger partial charge in [-0.25, -0.2) is 26.3 Å². The standard InChI is InChI=1S/C17H17F3N4O3S/c1-10(17(2,19)20)23-28(26,27)13-7-15(24(3)9-13)16(25)22-12-4-5-14(18)11(6-12)8-21/h4-7,9-10,23H,1-3H3,(H,22,25)/t10-/m1/s1. The van der Waals surface area contributed by atoms with Crippen LogP contribution in [0.2, 0.25) is 0 Å². The van der Waals surface area contributed by atoms with Crippen LogP contribution >= 0.6 is 0 Å². The zero-order chi connectivity index (χ0) is 21.3. The third-order valence-corrected chi connectivity index (χ3v) is 5.47. The number of hydrogen-bond donors (Lipinski definition) is 2. The number of aryl methyl sites for hydroxylation is 1. The van der Waals surface area contributed by atoms with Crippen molar-refractivity contribution in [2.45, 2.75) is 30.7 Å². The van der Waals surface area contributed by atoms with Crippen LogP contribution in [0, 0.1) is 17.1 Å². The summed E-state index contributed by atoms with van der Waals surface area (Å²) in [4.78, 5) is 12.0. The second kappa shape index (κ2) is 7.65. The van der Waals surface area contributed by atoms with Crippen LogP contribution in [0.1, 0.15) is 29.9 Å². The molecule has 2 N–H and O–H groups in total. The van der Waals surface area contributed by atoms with Gasteiger partial charge >= 0.3 is 0 Å². The topological polar surface area (TPSA) is 104 Å². The molecule has 1 heterocycles. The molecule has 1 amide bonds. The molecule has 7 nitrogen and oxygen atoms in total. The molecule has 0 radical (unpaired) electrons. The molecule has 0 saturated heterocycles. The molecule has 0 aliphatic heterocycles. The number of nitrogens with one attached hydrogen (secondary N) is 2. The van der Waals surface area contributed by atoms with Gasteiger partial charge in [-0.3, -0.25) is 4.79 Å². The lowest BCUT2D eigenvalue weighted by molar-refractivity contribution is -0.00488. The number of carbonyl (C=O) groups excluding carboxylic acids is 1. The van der Waals surface area contributed by atoms with Gasteiger partial charge in [0.05, 0.1) is 11.6 Å². The van der Waals surface area contributed by atoms with Gasteiger partial charge in [-0.1, -0.05) is 0 Å². The molecule has 0 fully saturated rings. The van der Waals surface area contributed by atoms with Crippen LogP contribution in [0.4, 0.5) is 18.9 Å². The van der Waals surface area contributed by atoms with Crippen molar-refractivity contribution in [1.29, 1.82) is 5.26 Å². The van der Waals surface area contributed by atoms with Gasteiger partial charge in [0.1, 0.15) is 22.5 Å². The molecule has 11 heteroatoms. The normalized spacial score (nSPS) is 13.0. The first-order chi connectivity index (χ1) is 12.8. The number of alkyl halides is 2. The molecule has 0 spiro atoms. The lowest BCUT2D eigenvalue weighted by atomic mass is 10.2. The Bertz CT molecular complexity index is 1050. The van der Waals surface area contributed by atoms with Crippen molar-refractivity contribution in [3.8, 4) is 6.07 Å². The number of nitriles is 1. The molecule has 1 aromatic carbocycles. The monoisotopic (exact) mass is 414 g/mol. The lowest BCUT2D eigenvalue weighted by Gasteiger charge is -2.20. The molecule has 0 aliphatic rings.